The molecule has 30 heavy (non-hydrogen) atoms. The van der Waals surface area contributed by atoms with Crippen LogP contribution in [-0.4, -0.2) is 45.4 Å². The largest absolute Gasteiger partial charge is 0.492 e. The first kappa shape index (κ1) is 22.2. The van der Waals surface area contributed by atoms with Crippen LogP contribution in [0.3, 0.4) is 0 Å². The van der Waals surface area contributed by atoms with Crippen LogP contribution in [0.4, 0.5) is 11.4 Å². The van der Waals surface area contributed by atoms with E-state index in [2.05, 4.69) is 26.1 Å². The van der Waals surface area contributed by atoms with Gasteiger partial charge in [0.2, 0.25) is 5.91 Å². The van der Waals surface area contributed by atoms with Crippen molar-refractivity contribution in [2.24, 2.45) is 0 Å². The third-order valence-electron chi connectivity index (χ3n) is 4.59. The molecule has 2 aromatic carbocycles. The number of rotatable bonds is 8. The van der Waals surface area contributed by atoms with E-state index in [-0.39, 0.29) is 5.91 Å². The summed E-state index contributed by atoms with van der Waals surface area (Å²) in [7, 11) is 0. The molecular formula is C23H27BrN2O4. The number of halogens is 1. The smallest absolute Gasteiger partial charge is 0.248 e. The molecule has 1 heterocycles. The highest BCUT2D eigenvalue weighted by molar-refractivity contribution is 9.10. The standard InChI is InChI=1S/C23H27BrN2O4/c1-3-29-21-16-20(26-11-13-28-14-12-26)22(30-4-2)15-19(21)25-23(27)10-9-17-7-5-6-8-18(17)24/h5-10,15-16H,3-4,11-14H2,1-2H3,(H,25,27)/b10-9+. The molecule has 0 atom stereocenters. The number of benzene rings is 2. The first-order valence-electron chi connectivity index (χ1n) is 10.1. The Morgan fingerprint density at radius 1 is 1.13 bits per heavy atom. The number of amides is 1. The van der Waals surface area contributed by atoms with Crippen molar-refractivity contribution >= 4 is 39.3 Å². The van der Waals surface area contributed by atoms with Gasteiger partial charge in [0.25, 0.3) is 0 Å². The van der Waals surface area contributed by atoms with Gasteiger partial charge in [-0.1, -0.05) is 34.1 Å². The molecule has 1 fully saturated rings. The fourth-order valence-electron chi connectivity index (χ4n) is 3.19. The summed E-state index contributed by atoms with van der Waals surface area (Å²) in [5.74, 6) is 1.09. The molecule has 2 aromatic rings. The Bertz CT molecular complexity index is 895. The van der Waals surface area contributed by atoms with Crippen molar-refractivity contribution in [2.75, 3.05) is 49.7 Å². The Morgan fingerprint density at radius 2 is 1.83 bits per heavy atom. The number of hydrogen-bond donors (Lipinski definition) is 1. The molecule has 0 radical (unpaired) electrons. The summed E-state index contributed by atoms with van der Waals surface area (Å²) >= 11 is 3.48. The topological polar surface area (TPSA) is 60.0 Å². The fourth-order valence-corrected chi connectivity index (χ4v) is 3.61. The number of anilines is 2. The van der Waals surface area contributed by atoms with E-state index < -0.39 is 0 Å². The molecule has 0 aliphatic carbocycles. The predicted molar refractivity (Wildman–Crippen MR) is 124 cm³/mol. The molecule has 1 saturated heterocycles. The molecule has 7 heteroatoms. The van der Waals surface area contributed by atoms with Crippen LogP contribution in [0.25, 0.3) is 6.08 Å². The molecule has 1 N–H and O–H groups in total. The molecule has 3 rings (SSSR count). The van der Waals surface area contributed by atoms with Crippen molar-refractivity contribution in [1.82, 2.24) is 0 Å². The Kier molecular flexibility index (Phi) is 8.16. The number of ether oxygens (including phenoxy) is 3. The minimum Gasteiger partial charge on any atom is -0.492 e. The van der Waals surface area contributed by atoms with Crippen molar-refractivity contribution in [1.29, 1.82) is 0 Å². The van der Waals surface area contributed by atoms with Gasteiger partial charge in [-0.05, 0) is 31.6 Å². The highest BCUT2D eigenvalue weighted by atomic mass is 79.9. The van der Waals surface area contributed by atoms with Crippen molar-refractivity contribution in [3.8, 4) is 11.5 Å². The maximum absolute atomic E-state index is 12.6. The van der Waals surface area contributed by atoms with E-state index in [1.54, 1.807) is 6.08 Å². The van der Waals surface area contributed by atoms with Gasteiger partial charge in [-0.3, -0.25) is 4.79 Å². The summed E-state index contributed by atoms with van der Waals surface area (Å²) in [6.45, 7) is 7.80. The van der Waals surface area contributed by atoms with Crippen LogP contribution in [0.15, 0.2) is 46.9 Å². The lowest BCUT2D eigenvalue weighted by atomic mass is 10.2. The van der Waals surface area contributed by atoms with Crippen LogP contribution in [-0.2, 0) is 9.53 Å². The second kappa shape index (κ2) is 11.0. The van der Waals surface area contributed by atoms with Crippen LogP contribution in [0.1, 0.15) is 19.4 Å². The number of carbonyl (C=O) groups excluding carboxylic acids is 1. The quantitative estimate of drug-likeness (QED) is 0.560. The van der Waals surface area contributed by atoms with Gasteiger partial charge in [-0.2, -0.15) is 0 Å². The van der Waals surface area contributed by atoms with E-state index in [9.17, 15) is 4.79 Å². The summed E-state index contributed by atoms with van der Waals surface area (Å²) in [6.07, 6.45) is 3.28. The van der Waals surface area contributed by atoms with Gasteiger partial charge in [0, 0.05) is 35.8 Å². The van der Waals surface area contributed by atoms with Gasteiger partial charge in [0.15, 0.2) is 0 Å². The monoisotopic (exact) mass is 474 g/mol. The molecule has 0 bridgehead atoms. The summed E-state index contributed by atoms with van der Waals surface area (Å²) in [6, 6.07) is 11.5. The van der Waals surface area contributed by atoms with E-state index in [0.29, 0.717) is 43.6 Å². The number of carbonyl (C=O) groups is 1. The third kappa shape index (κ3) is 5.77. The van der Waals surface area contributed by atoms with Crippen LogP contribution in [0.5, 0.6) is 11.5 Å². The highest BCUT2D eigenvalue weighted by Crippen LogP contribution is 2.39. The lowest BCUT2D eigenvalue weighted by Crippen LogP contribution is -2.36. The molecule has 1 aliphatic heterocycles. The zero-order chi connectivity index (χ0) is 21.3. The molecule has 0 saturated carbocycles. The number of morpholine rings is 1. The fraction of sp³-hybridized carbons (Fsp3) is 0.348. The number of nitrogens with one attached hydrogen (secondary N) is 1. The van der Waals surface area contributed by atoms with Gasteiger partial charge in [-0.25, -0.2) is 0 Å². The highest BCUT2D eigenvalue weighted by Gasteiger charge is 2.20. The average molecular weight is 475 g/mol. The van der Waals surface area contributed by atoms with E-state index in [1.807, 2.05) is 50.2 Å². The minimum atomic E-state index is -0.242. The summed E-state index contributed by atoms with van der Waals surface area (Å²) < 4.78 is 18.1. The second-order valence-electron chi connectivity index (χ2n) is 6.63. The van der Waals surface area contributed by atoms with E-state index >= 15 is 0 Å². The molecular weight excluding hydrogens is 448 g/mol. The van der Waals surface area contributed by atoms with Gasteiger partial charge in [-0.15, -0.1) is 0 Å². The summed E-state index contributed by atoms with van der Waals surface area (Å²) in [5.41, 5.74) is 2.46. The van der Waals surface area contributed by atoms with Gasteiger partial charge in [0.05, 0.1) is 37.8 Å². The van der Waals surface area contributed by atoms with Crippen LogP contribution < -0.4 is 19.7 Å². The molecule has 0 unspecified atom stereocenters. The minimum absolute atomic E-state index is 0.242. The van der Waals surface area contributed by atoms with Crippen molar-refractivity contribution < 1.29 is 19.0 Å². The summed E-state index contributed by atoms with van der Waals surface area (Å²) in [5, 5.41) is 2.92. The van der Waals surface area contributed by atoms with Gasteiger partial charge in [0.1, 0.15) is 11.5 Å². The van der Waals surface area contributed by atoms with Crippen LogP contribution >= 0.6 is 15.9 Å². The normalized spacial score (nSPS) is 14.0. The molecule has 0 spiro atoms. The van der Waals surface area contributed by atoms with Crippen molar-refractivity contribution in [3.05, 3.63) is 52.5 Å². The SMILES string of the molecule is CCOc1cc(N2CCOCC2)c(OCC)cc1NC(=O)/C=C/c1ccccc1Br. The first-order chi connectivity index (χ1) is 14.6. The zero-order valence-electron chi connectivity index (χ0n) is 17.3. The molecule has 6 nitrogen and oxygen atoms in total. The molecule has 0 aromatic heterocycles. The van der Waals surface area contributed by atoms with Crippen LogP contribution in [0.2, 0.25) is 0 Å². The van der Waals surface area contributed by atoms with Gasteiger partial charge < -0.3 is 24.4 Å². The molecule has 1 amide bonds. The van der Waals surface area contributed by atoms with E-state index in [1.165, 1.54) is 6.08 Å². The maximum atomic E-state index is 12.6. The predicted octanol–water partition coefficient (Wildman–Crippen LogP) is 4.74. The average Bonchev–Trinajstić information content (AvgIpc) is 2.76. The Labute approximate surface area is 185 Å². The Hall–Kier alpha value is -2.51. The maximum Gasteiger partial charge on any atom is 0.248 e. The lowest BCUT2D eigenvalue weighted by Gasteiger charge is -2.31. The number of hydrogen-bond acceptors (Lipinski definition) is 5. The summed E-state index contributed by atoms with van der Waals surface area (Å²) in [4.78, 5) is 14.8. The van der Waals surface area contributed by atoms with Crippen LogP contribution in [0, 0.1) is 0 Å². The third-order valence-corrected chi connectivity index (χ3v) is 5.31. The van der Waals surface area contributed by atoms with E-state index in [0.717, 1.165) is 28.8 Å². The van der Waals surface area contributed by atoms with Crippen molar-refractivity contribution in [2.45, 2.75) is 13.8 Å². The molecule has 1 aliphatic rings. The zero-order valence-corrected chi connectivity index (χ0v) is 18.9. The lowest BCUT2D eigenvalue weighted by molar-refractivity contribution is -0.111. The Morgan fingerprint density at radius 3 is 2.53 bits per heavy atom. The van der Waals surface area contributed by atoms with Crippen molar-refractivity contribution in [3.63, 3.8) is 0 Å². The second-order valence-corrected chi connectivity index (χ2v) is 7.48. The molecule has 160 valence electrons. The first-order valence-corrected chi connectivity index (χ1v) is 10.9. The number of nitrogens with zero attached hydrogens (tertiary/aromatic N) is 1. The van der Waals surface area contributed by atoms with Gasteiger partial charge >= 0.3 is 0 Å². The van der Waals surface area contributed by atoms with E-state index in [4.69, 9.17) is 14.2 Å². The Balaban J connectivity index is 1.85.